The van der Waals surface area contributed by atoms with Gasteiger partial charge in [-0.2, -0.15) is 28.1 Å². The van der Waals surface area contributed by atoms with Crippen molar-refractivity contribution in [3.8, 4) is 0 Å². The van der Waals surface area contributed by atoms with Gasteiger partial charge in [-0.05, 0) is 44.9 Å². The minimum Gasteiger partial charge on any atom is -0.386 e. The molecule has 6 nitrogen and oxygen atoms in total. The third-order valence-corrected chi connectivity index (χ3v) is 4.47. The molecule has 1 fully saturated rings. The summed E-state index contributed by atoms with van der Waals surface area (Å²) in [4.78, 5) is 12.1. The zero-order valence-corrected chi connectivity index (χ0v) is 14.3. The first-order valence-corrected chi connectivity index (χ1v) is 8.64. The van der Waals surface area contributed by atoms with Crippen molar-refractivity contribution in [2.45, 2.75) is 57.3 Å². The molecule has 0 radical (unpaired) electrons. The molecule has 0 bridgehead atoms. The molecule has 3 N–H and O–H groups in total. The van der Waals surface area contributed by atoms with Crippen LogP contribution in [0.4, 0.5) is 29.5 Å². The molecule has 2 aliphatic carbocycles. The van der Waals surface area contributed by atoms with Gasteiger partial charge in [-0.25, -0.2) is 4.39 Å². The van der Waals surface area contributed by atoms with E-state index >= 15 is 0 Å². The first kappa shape index (κ1) is 18.8. The van der Waals surface area contributed by atoms with Gasteiger partial charge < -0.3 is 15.7 Å². The van der Waals surface area contributed by atoms with Gasteiger partial charge in [0.1, 0.15) is 18.0 Å². The maximum atomic E-state index is 14.3. The van der Waals surface area contributed by atoms with Crippen LogP contribution in [0.3, 0.4) is 0 Å². The molecule has 0 spiro atoms. The van der Waals surface area contributed by atoms with Crippen LogP contribution in [0.15, 0.2) is 5.83 Å². The van der Waals surface area contributed by atoms with Crippen molar-refractivity contribution in [3.63, 3.8) is 0 Å². The fourth-order valence-electron chi connectivity index (χ4n) is 2.63. The summed E-state index contributed by atoms with van der Waals surface area (Å²) in [6.07, 6.45) is -2.40. The molecule has 0 amide bonds. The molecule has 3 rings (SSSR count). The van der Waals surface area contributed by atoms with Crippen molar-refractivity contribution in [1.29, 1.82) is 0 Å². The summed E-state index contributed by atoms with van der Waals surface area (Å²) in [5.74, 6) is -0.470. The lowest BCUT2D eigenvalue weighted by Crippen LogP contribution is -2.34. The van der Waals surface area contributed by atoms with Gasteiger partial charge in [0.15, 0.2) is 5.82 Å². The summed E-state index contributed by atoms with van der Waals surface area (Å²) < 4.78 is 52.7. The predicted octanol–water partition coefficient (Wildman–Crippen LogP) is 3.28. The Morgan fingerprint density at radius 1 is 1.15 bits per heavy atom. The Labute approximate surface area is 148 Å². The summed E-state index contributed by atoms with van der Waals surface area (Å²) in [7, 11) is 0. The van der Waals surface area contributed by atoms with Gasteiger partial charge in [0.2, 0.25) is 11.9 Å². The molecular formula is C16H21F4N5O. The smallest absolute Gasteiger partial charge is 0.386 e. The number of aliphatic hydroxyl groups excluding tert-OH is 1. The van der Waals surface area contributed by atoms with Gasteiger partial charge in [0, 0.05) is 12.1 Å². The standard InChI is InChI=1S/C16H21F4N5O/c1-8(16(18,19)20)22-15-24-13(10-3-2-4-11(26)12(10)17)23-14(25-15)21-7-9-5-6-9/h8-9,11,26H,2-7H2,1H3,(H2,21,22,23,24,25). The topological polar surface area (TPSA) is 83.0 Å². The van der Waals surface area contributed by atoms with E-state index in [0.29, 0.717) is 31.7 Å². The van der Waals surface area contributed by atoms with E-state index in [1.54, 1.807) is 0 Å². The Kier molecular flexibility index (Phi) is 5.31. The number of halogens is 4. The predicted molar refractivity (Wildman–Crippen MR) is 88.1 cm³/mol. The van der Waals surface area contributed by atoms with E-state index in [-0.39, 0.29) is 23.3 Å². The van der Waals surface area contributed by atoms with Crippen molar-refractivity contribution in [1.82, 2.24) is 15.0 Å². The third-order valence-electron chi connectivity index (χ3n) is 4.47. The fourth-order valence-corrected chi connectivity index (χ4v) is 2.63. The largest absolute Gasteiger partial charge is 0.408 e. The van der Waals surface area contributed by atoms with Crippen LogP contribution < -0.4 is 10.6 Å². The molecule has 144 valence electrons. The first-order chi connectivity index (χ1) is 12.2. The van der Waals surface area contributed by atoms with Crippen LogP contribution in [-0.2, 0) is 0 Å². The number of aromatic nitrogens is 3. The highest BCUT2D eigenvalue weighted by Gasteiger charge is 2.36. The first-order valence-electron chi connectivity index (χ1n) is 8.64. The van der Waals surface area contributed by atoms with Gasteiger partial charge in [0.25, 0.3) is 0 Å². The average molecular weight is 375 g/mol. The number of alkyl halides is 3. The monoisotopic (exact) mass is 375 g/mol. The number of rotatable bonds is 6. The van der Waals surface area contributed by atoms with E-state index in [4.69, 9.17) is 0 Å². The van der Waals surface area contributed by atoms with Crippen LogP contribution in [-0.4, -0.2) is 44.9 Å². The van der Waals surface area contributed by atoms with Crippen LogP contribution >= 0.6 is 0 Å². The Bertz CT molecular complexity index is 690. The summed E-state index contributed by atoms with van der Waals surface area (Å²) in [6, 6.07) is -1.87. The third kappa shape index (κ3) is 4.60. The molecule has 0 aromatic carbocycles. The maximum absolute atomic E-state index is 14.3. The number of nitrogens with zero attached hydrogens (tertiary/aromatic N) is 3. The van der Waals surface area contributed by atoms with E-state index in [1.165, 1.54) is 0 Å². The van der Waals surface area contributed by atoms with Crippen molar-refractivity contribution in [2.75, 3.05) is 17.2 Å². The van der Waals surface area contributed by atoms with Crippen molar-refractivity contribution in [2.24, 2.45) is 5.92 Å². The van der Waals surface area contributed by atoms with Crippen LogP contribution in [0, 0.1) is 5.92 Å². The van der Waals surface area contributed by atoms with E-state index in [0.717, 1.165) is 19.8 Å². The van der Waals surface area contributed by atoms with Crippen LogP contribution in [0.1, 0.15) is 44.9 Å². The minimum absolute atomic E-state index is 0.0496. The second-order valence-corrected chi connectivity index (χ2v) is 6.77. The van der Waals surface area contributed by atoms with E-state index in [1.807, 2.05) is 0 Å². The summed E-state index contributed by atoms with van der Waals surface area (Å²) >= 11 is 0. The molecule has 26 heavy (non-hydrogen) atoms. The maximum Gasteiger partial charge on any atom is 0.408 e. The second kappa shape index (κ2) is 7.34. The quantitative estimate of drug-likeness (QED) is 0.662. The summed E-state index contributed by atoms with van der Waals surface area (Å²) in [5, 5.41) is 14.9. The SMILES string of the molecule is CC(Nc1nc(NCC2CC2)nc(C2=C(F)C(O)CCC2)n1)C(F)(F)F. The van der Waals surface area contributed by atoms with E-state index in [9.17, 15) is 22.7 Å². The van der Waals surface area contributed by atoms with Crippen LogP contribution in [0.5, 0.6) is 0 Å². The number of hydrogen-bond donors (Lipinski definition) is 3. The van der Waals surface area contributed by atoms with E-state index in [2.05, 4.69) is 25.6 Å². The molecule has 1 saturated carbocycles. The number of hydrogen-bond acceptors (Lipinski definition) is 6. The Morgan fingerprint density at radius 2 is 1.85 bits per heavy atom. The van der Waals surface area contributed by atoms with Crippen molar-refractivity contribution < 1.29 is 22.7 Å². The Hall–Kier alpha value is -1.97. The van der Waals surface area contributed by atoms with Gasteiger partial charge in [-0.15, -0.1) is 0 Å². The molecule has 1 aromatic rings. The van der Waals surface area contributed by atoms with E-state index < -0.39 is 24.1 Å². The molecule has 0 saturated heterocycles. The number of allylic oxidation sites excluding steroid dienone is 1. The van der Waals surface area contributed by atoms with Gasteiger partial charge in [-0.3, -0.25) is 0 Å². The normalized spacial score (nSPS) is 22.3. The van der Waals surface area contributed by atoms with Gasteiger partial charge >= 0.3 is 6.18 Å². The number of aliphatic hydroxyl groups is 1. The Balaban J connectivity index is 1.90. The number of anilines is 2. The lowest BCUT2D eigenvalue weighted by molar-refractivity contribution is -0.138. The van der Waals surface area contributed by atoms with Crippen molar-refractivity contribution in [3.05, 3.63) is 11.7 Å². The van der Waals surface area contributed by atoms with Gasteiger partial charge in [0.05, 0.1) is 0 Å². The molecular weight excluding hydrogens is 354 g/mol. The zero-order valence-electron chi connectivity index (χ0n) is 14.3. The van der Waals surface area contributed by atoms with Crippen LogP contribution in [0.25, 0.3) is 5.57 Å². The minimum atomic E-state index is -4.47. The summed E-state index contributed by atoms with van der Waals surface area (Å²) in [6.45, 7) is 1.55. The molecule has 2 atom stereocenters. The highest BCUT2D eigenvalue weighted by molar-refractivity contribution is 5.65. The lowest BCUT2D eigenvalue weighted by atomic mass is 9.96. The molecule has 1 aromatic heterocycles. The molecule has 2 aliphatic rings. The molecule has 10 heteroatoms. The number of nitrogens with one attached hydrogen (secondary N) is 2. The molecule has 2 unspecified atom stereocenters. The zero-order chi connectivity index (χ0) is 18.9. The van der Waals surface area contributed by atoms with Crippen molar-refractivity contribution >= 4 is 17.5 Å². The Morgan fingerprint density at radius 3 is 2.50 bits per heavy atom. The molecule has 1 heterocycles. The second-order valence-electron chi connectivity index (χ2n) is 6.77. The summed E-state index contributed by atoms with van der Waals surface area (Å²) in [5.41, 5.74) is 0.114. The lowest BCUT2D eigenvalue weighted by Gasteiger charge is -2.21. The average Bonchev–Trinajstić information content (AvgIpc) is 3.39. The highest BCUT2D eigenvalue weighted by Crippen LogP contribution is 2.33. The molecule has 0 aliphatic heterocycles. The van der Waals surface area contributed by atoms with Crippen LogP contribution in [0.2, 0.25) is 0 Å². The van der Waals surface area contributed by atoms with Gasteiger partial charge in [-0.1, -0.05) is 0 Å². The fraction of sp³-hybridized carbons (Fsp3) is 0.688. The highest BCUT2D eigenvalue weighted by atomic mass is 19.4.